The Balaban J connectivity index is 0.000000126. The molecule has 0 fully saturated rings. The molecule has 0 spiro atoms. The molecule has 174 valence electrons. The van der Waals surface area contributed by atoms with Crippen LogP contribution in [-0.4, -0.2) is 0 Å². The Morgan fingerprint density at radius 3 is 1.56 bits per heavy atom. The molecule has 0 N–H and O–H groups in total. The fourth-order valence-electron chi connectivity index (χ4n) is 5.54. The van der Waals surface area contributed by atoms with Gasteiger partial charge >= 0.3 is 0 Å². The van der Waals surface area contributed by atoms with Crippen LogP contribution in [0.3, 0.4) is 0 Å². The first-order chi connectivity index (χ1) is 17.7. The van der Waals surface area contributed by atoms with E-state index in [0.717, 1.165) is 8.95 Å². The Hall–Kier alpha value is -2.24. The molecule has 4 heteroatoms. The lowest BCUT2D eigenvalue weighted by molar-refractivity contribution is 1.65. The van der Waals surface area contributed by atoms with Gasteiger partial charge in [-0.05, 0) is 84.3 Å². The van der Waals surface area contributed by atoms with Gasteiger partial charge in [-0.1, -0.05) is 123 Å². The van der Waals surface area contributed by atoms with E-state index in [4.69, 9.17) is 0 Å². The van der Waals surface area contributed by atoms with E-state index in [2.05, 4.69) is 169 Å². The molecule has 0 radical (unpaired) electrons. The van der Waals surface area contributed by atoms with Crippen LogP contribution in [0.5, 0.6) is 0 Å². The van der Waals surface area contributed by atoms with Crippen molar-refractivity contribution in [3.63, 3.8) is 0 Å². The van der Waals surface area contributed by atoms with Crippen molar-refractivity contribution < 1.29 is 0 Å². The molecule has 8 rings (SSSR count). The maximum absolute atomic E-state index is 3.64. The average Bonchev–Trinajstić information content (AvgIpc) is 3.43. The maximum atomic E-state index is 3.64. The van der Waals surface area contributed by atoms with E-state index in [9.17, 15) is 0 Å². The minimum absolute atomic E-state index is 1.13. The summed E-state index contributed by atoms with van der Waals surface area (Å²) in [6.07, 6.45) is 0. The van der Waals surface area contributed by atoms with Gasteiger partial charge in [0.1, 0.15) is 0 Å². The predicted octanol–water partition coefficient (Wildman–Crippen LogP) is 12.2. The van der Waals surface area contributed by atoms with E-state index >= 15 is 0 Å². The van der Waals surface area contributed by atoms with E-state index in [1.165, 1.54) is 66.1 Å². The Morgan fingerprint density at radius 2 is 0.889 bits per heavy atom. The first-order valence-corrected chi connectivity index (χ1v) is 16.8. The Morgan fingerprint density at radius 1 is 0.389 bits per heavy atom. The standard InChI is InChI=1S/C16H8Br2.C16H10.Br2/c17-9-4-5-10-12-6-7-15(18)13-3-1-2-11(16(12)13)14(10)8-9;1-2-8-13-12(7-1)14-9-3-5-11-6-4-10-15(13)16(11)14;1-2/h1-8H;1-10H;. The van der Waals surface area contributed by atoms with Crippen LogP contribution >= 0.6 is 60.1 Å². The third-order valence-electron chi connectivity index (χ3n) is 6.96. The summed E-state index contributed by atoms with van der Waals surface area (Å²) < 4.78 is 2.29. The van der Waals surface area contributed by atoms with Gasteiger partial charge in [0.05, 0.1) is 0 Å². The van der Waals surface area contributed by atoms with Crippen LogP contribution in [0.25, 0.3) is 66.1 Å². The number of fused-ring (bicyclic) bond motifs is 6. The van der Waals surface area contributed by atoms with Gasteiger partial charge in [-0.3, -0.25) is 0 Å². The summed E-state index contributed by atoms with van der Waals surface area (Å²) in [5, 5.41) is 5.40. The van der Waals surface area contributed by atoms with Gasteiger partial charge < -0.3 is 0 Å². The van der Waals surface area contributed by atoms with Crippen LogP contribution in [0.2, 0.25) is 0 Å². The fourth-order valence-corrected chi connectivity index (χ4v) is 6.36. The zero-order valence-corrected chi connectivity index (χ0v) is 25.2. The highest BCUT2D eigenvalue weighted by atomic mass is 80.9. The molecule has 0 bridgehead atoms. The normalized spacial score (nSPS) is 11.3. The minimum atomic E-state index is 1.13. The van der Waals surface area contributed by atoms with Gasteiger partial charge in [0.2, 0.25) is 0 Å². The summed E-state index contributed by atoms with van der Waals surface area (Å²) >= 11 is 12.7. The van der Waals surface area contributed by atoms with Crippen LogP contribution < -0.4 is 0 Å². The maximum Gasteiger partial charge on any atom is 0.0254 e. The van der Waals surface area contributed by atoms with E-state index in [-0.39, 0.29) is 0 Å². The van der Waals surface area contributed by atoms with Crippen LogP contribution in [0.1, 0.15) is 0 Å². The van der Waals surface area contributed by atoms with Crippen LogP contribution in [0.4, 0.5) is 0 Å². The third-order valence-corrected chi connectivity index (χ3v) is 8.15. The van der Waals surface area contributed by atoms with Gasteiger partial charge in [-0.25, -0.2) is 0 Å². The lowest BCUT2D eigenvalue weighted by Gasteiger charge is -2.03. The molecule has 0 unspecified atom stereocenters. The fraction of sp³-hybridized carbons (Fsp3) is 0. The van der Waals surface area contributed by atoms with Crippen LogP contribution in [0, 0.1) is 0 Å². The van der Waals surface area contributed by atoms with Gasteiger partial charge in [-0.15, -0.1) is 0 Å². The molecular weight excluding hydrogens is 704 g/mol. The molecule has 0 aromatic heterocycles. The number of halogens is 4. The first kappa shape index (κ1) is 24.1. The number of benzene rings is 6. The SMILES string of the molecule is BrBr.Brc1ccc2c(c1)-c1cccc3c(Br)ccc-2c13.c1ccc2c(c1)-c1cccc3cccc-2c13. The van der Waals surface area contributed by atoms with Crippen molar-refractivity contribution in [3.8, 4) is 44.5 Å². The zero-order valence-electron chi connectivity index (χ0n) is 18.9. The Bertz CT molecular complexity index is 1730. The van der Waals surface area contributed by atoms with E-state index in [0.29, 0.717) is 0 Å². The van der Waals surface area contributed by atoms with E-state index in [1.54, 1.807) is 0 Å². The quantitative estimate of drug-likeness (QED) is 0.146. The van der Waals surface area contributed by atoms with Crippen LogP contribution in [0.15, 0.2) is 118 Å². The molecule has 6 aromatic rings. The number of rotatable bonds is 0. The largest absolute Gasteiger partial charge is 0.0616 e. The molecule has 0 nitrogen and oxygen atoms in total. The van der Waals surface area contributed by atoms with Crippen LogP contribution in [-0.2, 0) is 0 Å². The summed E-state index contributed by atoms with van der Waals surface area (Å²) in [6, 6.07) is 39.1. The van der Waals surface area contributed by atoms with E-state index < -0.39 is 0 Å². The van der Waals surface area contributed by atoms with Crippen molar-refractivity contribution >= 4 is 81.7 Å². The molecular formula is C32H18Br4. The second-order valence-electron chi connectivity index (χ2n) is 8.77. The van der Waals surface area contributed by atoms with Gasteiger partial charge in [0.25, 0.3) is 0 Å². The molecule has 0 amide bonds. The van der Waals surface area contributed by atoms with Gasteiger partial charge in [0.15, 0.2) is 0 Å². The second-order valence-corrected chi connectivity index (χ2v) is 10.5. The molecule has 0 saturated heterocycles. The minimum Gasteiger partial charge on any atom is -0.0616 e. The van der Waals surface area contributed by atoms with Crippen molar-refractivity contribution in [2.75, 3.05) is 0 Å². The Kier molecular flexibility index (Phi) is 6.64. The second kappa shape index (κ2) is 9.90. The molecule has 0 saturated carbocycles. The topological polar surface area (TPSA) is 0 Å². The van der Waals surface area contributed by atoms with E-state index in [1.807, 2.05) is 0 Å². The predicted molar refractivity (Wildman–Crippen MR) is 170 cm³/mol. The monoisotopic (exact) mass is 718 g/mol. The van der Waals surface area contributed by atoms with Gasteiger partial charge in [-0.2, -0.15) is 0 Å². The molecule has 2 aliphatic carbocycles. The summed E-state index contributed by atoms with van der Waals surface area (Å²) in [6.45, 7) is 0. The smallest absolute Gasteiger partial charge is 0.0254 e. The summed E-state index contributed by atoms with van der Waals surface area (Å²) in [5.41, 5.74) is 10.8. The zero-order chi connectivity index (χ0) is 24.8. The molecule has 0 aliphatic heterocycles. The lowest BCUT2D eigenvalue weighted by Crippen LogP contribution is -1.76. The highest BCUT2D eigenvalue weighted by Gasteiger charge is 2.22. The first-order valence-electron chi connectivity index (χ1n) is 11.5. The highest BCUT2D eigenvalue weighted by molar-refractivity contribution is 9.93. The summed E-state index contributed by atoms with van der Waals surface area (Å²) in [5.74, 6) is 0. The highest BCUT2D eigenvalue weighted by Crippen LogP contribution is 2.49. The molecule has 36 heavy (non-hydrogen) atoms. The summed E-state index contributed by atoms with van der Waals surface area (Å²) in [4.78, 5) is 0. The average molecular weight is 722 g/mol. The molecule has 6 aromatic carbocycles. The van der Waals surface area contributed by atoms with Gasteiger partial charge in [0, 0.05) is 37.2 Å². The molecule has 0 heterocycles. The molecule has 2 aliphatic rings. The summed E-state index contributed by atoms with van der Waals surface area (Å²) in [7, 11) is 0. The molecule has 0 atom stereocenters. The Labute approximate surface area is 242 Å². The van der Waals surface area contributed by atoms with Crippen molar-refractivity contribution in [2.45, 2.75) is 0 Å². The van der Waals surface area contributed by atoms with Crippen molar-refractivity contribution in [1.82, 2.24) is 0 Å². The lowest BCUT2D eigenvalue weighted by atomic mass is 10.0. The van der Waals surface area contributed by atoms with Crippen molar-refractivity contribution in [3.05, 3.63) is 118 Å². The number of hydrogen-bond donors (Lipinski definition) is 0. The van der Waals surface area contributed by atoms with Crippen molar-refractivity contribution in [2.24, 2.45) is 0 Å². The number of hydrogen-bond acceptors (Lipinski definition) is 0. The van der Waals surface area contributed by atoms with Crippen molar-refractivity contribution in [1.29, 1.82) is 0 Å². The third kappa shape index (κ3) is 3.81.